The summed E-state index contributed by atoms with van der Waals surface area (Å²) in [6.45, 7) is 2.00. The van der Waals surface area contributed by atoms with Gasteiger partial charge in [0.05, 0.1) is 17.4 Å². The van der Waals surface area contributed by atoms with Gasteiger partial charge in [-0.05, 0) is 19.1 Å². The van der Waals surface area contributed by atoms with Crippen LogP contribution in [0, 0.1) is 6.92 Å². The van der Waals surface area contributed by atoms with E-state index in [1.54, 1.807) is 17.5 Å². The molecule has 0 aliphatic rings. The van der Waals surface area contributed by atoms with Gasteiger partial charge in [-0.1, -0.05) is 0 Å². The lowest BCUT2D eigenvalue weighted by atomic mass is 10.3. The van der Waals surface area contributed by atoms with E-state index in [1.165, 1.54) is 5.39 Å². The van der Waals surface area contributed by atoms with Gasteiger partial charge in [-0.2, -0.15) is 0 Å². The lowest BCUT2D eigenvalue weighted by molar-refractivity contribution is 1.25. The third-order valence-corrected chi connectivity index (χ3v) is 3.27. The number of hydrogen-bond acceptors (Lipinski definition) is 3. The first-order valence-electron chi connectivity index (χ1n) is 4.68. The van der Waals surface area contributed by atoms with Gasteiger partial charge in [0.15, 0.2) is 0 Å². The highest BCUT2D eigenvalue weighted by atomic mass is 32.1. The smallest absolute Gasteiger partial charge is 0.139 e. The highest BCUT2D eigenvalue weighted by Gasteiger charge is 2.05. The molecule has 3 rings (SSSR count). The Morgan fingerprint density at radius 3 is 3.07 bits per heavy atom. The van der Waals surface area contributed by atoms with Crippen LogP contribution < -0.4 is 0 Å². The number of nitrogens with one attached hydrogen (secondary N) is 1. The highest BCUT2D eigenvalue weighted by Crippen LogP contribution is 2.25. The van der Waals surface area contributed by atoms with Gasteiger partial charge in [0.1, 0.15) is 5.01 Å². The Kier molecular flexibility index (Phi) is 1.82. The van der Waals surface area contributed by atoms with Crippen molar-refractivity contribution in [3.05, 3.63) is 35.6 Å². The largest absolute Gasteiger partial charge is 0.351 e. The fraction of sp³-hybridized carbons (Fsp3) is 0.0909. The monoisotopic (exact) mass is 215 g/mol. The number of aryl methyl sites for hydroxylation is 1. The van der Waals surface area contributed by atoms with Gasteiger partial charge < -0.3 is 4.98 Å². The van der Waals surface area contributed by atoms with Crippen molar-refractivity contribution in [3.63, 3.8) is 0 Å². The fourth-order valence-electron chi connectivity index (χ4n) is 1.57. The summed E-state index contributed by atoms with van der Waals surface area (Å²) in [6.07, 6.45) is 3.63. The standard InChI is InChI=1S/C11H9N3S/c1-7-6-15-11(13-7)9-4-8-2-3-12-5-10(8)14-9/h2-6,14H,1H3. The molecule has 0 atom stereocenters. The average molecular weight is 215 g/mol. The number of pyridine rings is 1. The van der Waals surface area contributed by atoms with Gasteiger partial charge in [0, 0.05) is 22.7 Å². The van der Waals surface area contributed by atoms with Crippen LogP contribution in [0.2, 0.25) is 0 Å². The summed E-state index contributed by atoms with van der Waals surface area (Å²) in [7, 11) is 0. The lowest BCUT2D eigenvalue weighted by Gasteiger charge is -1.87. The van der Waals surface area contributed by atoms with Crippen LogP contribution in [0.4, 0.5) is 0 Å². The molecule has 0 aliphatic heterocycles. The maximum absolute atomic E-state index is 4.44. The van der Waals surface area contributed by atoms with Crippen LogP contribution in [0.1, 0.15) is 5.69 Å². The molecule has 0 spiro atoms. The van der Waals surface area contributed by atoms with Crippen LogP contribution in [0.3, 0.4) is 0 Å². The van der Waals surface area contributed by atoms with Gasteiger partial charge in [0.2, 0.25) is 0 Å². The van der Waals surface area contributed by atoms with E-state index < -0.39 is 0 Å². The minimum absolute atomic E-state index is 1.03. The van der Waals surface area contributed by atoms with Crippen molar-refractivity contribution < 1.29 is 0 Å². The van der Waals surface area contributed by atoms with E-state index in [-0.39, 0.29) is 0 Å². The molecule has 3 heterocycles. The number of rotatable bonds is 1. The van der Waals surface area contributed by atoms with E-state index >= 15 is 0 Å². The Bertz CT molecular complexity index is 576. The topological polar surface area (TPSA) is 41.6 Å². The van der Waals surface area contributed by atoms with Crippen molar-refractivity contribution in [1.82, 2.24) is 15.0 Å². The molecule has 0 radical (unpaired) electrons. The van der Waals surface area contributed by atoms with Gasteiger partial charge in [-0.25, -0.2) is 4.98 Å². The molecule has 3 aromatic rings. The van der Waals surface area contributed by atoms with Crippen LogP contribution in [0.5, 0.6) is 0 Å². The summed E-state index contributed by atoms with van der Waals surface area (Å²) < 4.78 is 0. The van der Waals surface area contributed by atoms with E-state index in [0.29, 0.717) is 0 Å². The molecule has 3 nitrogen and oxygen atoms in total. The number of aromatic nitrogens is 3. The molecule has 15 heavy (non-hydrogen) atoms. The molecule has 0 unspecified atom stereocenters. The van der Waals surface area contributed by atoms with Crippen molar-refractivity contribution in [3.8, 4) is 10.7 Å². The minimum atomic E-state index is 1.03. The number of aromatic amines is 1. The van der Waals surface area contributed by atoms with E-state index in [9.17, 15) is 0 Å². The molecule has 0 bridgehead atoms. The second-order valence-electron chi connectivity index (χ2n) is 3.44. The lowest BCUT2D eigenvalue weighted by Crippen LogP contribution is -1.75. The van der Waals surface area contributed by atoms with Crippen LogP contribution in [-0.4, -0.2) is 15.0 Å². The normalized spacial score (nSPS) is 11.0. The van der Waals surface area contributed by atoms with Crippen molar-refractivity contribution in [2.24, 2.45) is 0 Å². The molecule has 0 fully saturated rings. The molecular weight excluding hydrogens is 206 g/mol. The zero-order chi connectivity index (χ0) is 10.3. The predicted molar refractivity (Wildman–Crippen MR) is 61.9 cm³/mol. The summed E-state index contributed by atoms with van der Waals surface area (Å²) >= 11 is 1.66. The van der Waals surface area contributed by atoms with Crippen molar-refractivity contribution in [1.29, 1.82) is 0 Å². The number of hydrogen-bond donors (Lipinski definition) is 1. The molecular formula is C11H9N3S. The van der Waals surface area contributed by atoms with Gasteiger partial charge in [0.25, 0.3) is 0 Å². The Morgan fingerprint density at radius 2 is 2.33 bits per heavy atom. The average Bonchev–Trinajstić information content (AvgIpc) is 2.82. The van der Waals surface area contributed by atoms with Crippen molar-refractivity contribution in [2.75, 3.05) is 0 Å². The number of nitrogens with zero attached hydrogens (tertiary/aromatic N) is 2. The minimum Gasteiger partial charge on any atom is -0.351 e. The highest BCUT2D eigenvalue weighted by molar-refractivity contribution is 7.13. The summed E-state index contributed by atoms with van der Waals surface area (Å²) in [5.74, 6) is 0. The Labute approximate surface area is 90.8 Å². The summed E-state index contributed by atoms with van der Waals surface area (Å²) in [4.78, 5) is 11.8. The first-order valence-corrected chi connectivity index (χ1v) is 5.56. The number of H-pyrrole nitrogens is 1. The van der Waals surface area contributed by atoms with E-state index in [4.69, 9.17) is 0 Å². The molecule has 0 amide bonds. The molecule has 74 valence electrons. The SMILES string of the molecule is Cc1csc(-c2cc3ccncc3[nH]2)n1. The molecule has 3 aromatic heterocycles. The molecule has 0 saturated heterocycles. The third kappa shape index (κ3) is 1.43. The second-order valence-corrected chi connectivity index (χ2v) is 4.30. The van der Waals surface area contributed by atoms with E-state index in [1.807, 2.05) is 19.2 Å². The van der Waals surface area contributed by atoms with Gasteiger partial charge >= 0.3 is 0 Å². The summed E-state index contributed by atoms with van der Waals surface area (Å²) in [5.41, 5.74) is 3.18. The first-order chi connectivity index (χ1) is 7.33. The van der Waals surface area contributed by atoms with Crippen LogP contribution in [0.25, 0.3) is 21.6 Å². The Morgan fingerprint density at radius 1 is 1.40 bits per heavy atom. The molecule has 0 saturated carbocycles. The first kappa shape index (κ1) is 8.61. The van der Waals surface area contributed by atoms with Gasteiger partial charge in [-0.3, -0.25) is 4.98 Å². The molecule has 4 heteroatoms. The van der Waals surface area contributed by atoms with Crippen LogP contribution in [-0.2, 0) is 0 Å². The predicted octanol–water partition coefficient (Wildman–Crippen LogP) is 2.99. The van der Waals surface area contributed by atoms with Gasteiger partial charge in [-0.15, -0.1) is 11.3 Å². The molecule has 0 aromatic carbocycles. The number of fused-ring (bicyclic) bond motifs is 1. The van der Waals surface area contributed by atoms with Crippen LogP contribution >= 0.6 is 11.3 Å². The molecule has 1 N–H and O–H groups in total. The molecule has 0 aliphatic carbocycles. The Hall–Kier alpha value is -1.68. The second kappa shape index (κ2) is 3.17. The van der Waals surface area contributed by atoms with Crippen molar-refractivity contribution in [2.45, 2.75) is 6.92 Å². The maximum atomic E-state index is 4.44. The Balaban J connectivity index is 2.19. The summed E-state index contributed by atoms with van der Waals surface area (Å²) in [5, 5.41) is 4.26. The fourth-order valence-corrected chi connectivity index (χ4v) is 2.33. The van der Waals surface area contributed by atoms with E-state index in [2.05, 4.69) is 26.4 Å². The maximum Gasteiger partial charge on any atom is 0.139 e. The quantitative estimate of drug-likeness (QED) is 0.678. The third-order valence-electron chi connectivity index (χ3n) is 2.27. The zero-order valence-corrected chi connectivity index (χ0v) is 9.01. The van der Waals surface area contributed by atoms with Crippen molar-refractivity contribution >= 4 is 22.2 Å². The van der Waals surface area contributed by atoms with Crippen LogP contribution in [0.15, 0.2) is 29.9 Å². The number of thiazole rings is 1. The van der Waals surface area contributed by atoms with E-state index in [0.717, 1.165) is 21.9 Å². The summed E-state index contributed by atoms with van der Waals surface area (Å²) in [6, 6.07) is 4.10. The zero-order valence-electron chi connectivity index (χ0n) is 8.19.